The number of carbonyl (C=O) groups is 1. The summed E-state index contributed by atoms with van der Waals surface area (Å²) in [5.41, 5.74) is 8.82. The van der Waals surface area contributed by atoms with Gasteiger partial charge in [-0.1, -0.05) is 18.2 Å². The van der Waals surface area contributed by atoms with Gasteiger partial charge in [0, 0.05) is 0 Å². The van der Waals surface area contributed by atoms with Crippen molar-refractivity contribution in [2.24, 2.45) is 5.73 Å². The molecule has 0 bridgehead atoms. The standard InChI is InChI=1S/C14H17NO2/c15-13(16)14(8-17-9-14)12-6-5-10-3-1-2-4-11(10)7-12/h5-7H,1-4,8-9H2,(H2,15,16). The van der Waals surface area contributed by atoms with Crippen LogP contribution in [0, 0.1) is 0 Å². The molecule has 90 valence electrons. The van der Waals surface area contributed by atoms with Gasteiger partial charge in [-0.05, 0) is 42.4 Å². The van der Waals surface area contributed by atoms with Crippen LogP contribution in [0.5, 0.6) is 0 Å². The van der Waals surface area contributed by atoms with E-state index in [2.05, 4.69) is 18.2 Å². The van der Waals surface area contributed by atoms with Crippen LogP contribution in [-0.2, 0) is 27.8 Å². The number of primary amides is 1. The van der Waals surface area contributed by atoms with Gasteiger partial charge in [-0.15, -0.1) is 0 Å². The molecule has 0 saturated carbocycles. The zero-order valence-corrected chi connectivity index (χ0v) is 9.87. The molecular formula is C14H17NO2. The van der Waals surface area contributed by atoms with E-state index < -0.39 is 5.41 Å². The third-order valence-electron chi connectivity index (χ3n) is 4.07. The molecule has 0 unspecified atom stereocenters. The Morgan fingerprint density at radius 3 is 2.47 bits per heavy atom. The Kier molecular flexibility index (Phi) is 2.44. The minimum absolute atomic E-state index is 0.264. The van der Waals surface area contributed by atoms with Gasteiger partial charge in [0.05, 0.1) is 13.2 Å². The van der Waals surface area contributed by atoms with E-state index in [9.17, 15) is 4.79 Å². The lowest BCUT2D eigenvalue weighted by Crippen LogP contribution is -2.56. The highest BCUT2D eigenvalue weighted by atomic mass is 16.5. The number of aryl methyl sites for hydroxylation is 2. The zero-order chi connectivity index (χ0) is 11.9. The molecule has 2 aliphatic rings. The Hall–Kier alpha value is -1.35. The lowest BCUT2D eigenvalue weighted by Gasteiger charge is -2.39. The zero-order valence-electron chi connectivity index (χ0n) is 9.87. The third-order valence-corrected chi connectivity index (χ3v) is 4.07. The molecule has 1 aromatic carbocycles. The van der Waals surface area contributed by atoms with Crippen LogP contribution >= 0.6 is 0 Å². The molecule has 1 fully saturated rings. The molecule has 1 aliphatic carbocycles. The highest BCUT2D eigenvalue weighted by Gasteiger charge is 2.46. The average molecular weight is 231 g/mol. The van der Waals surface area contributed by atoms with Crippen molar-refractivity contribution in [3.8, 4) is 0 Å². The molecule has 3 nitrogen and oxygen atoms in total. The molecule has 1 aliphatic heterocycles. The van der Waals surface area contributed by atoms with Crippen molar-refractivity contribution in [3.63, 3.8) is 0 Å². The number of fused-ring (bicyclic) bond motifs is 1. The number of hydrogen-bond donors (Lipinski definition) is 1. The number of ether oxygens (including phenoxy) is 1. The molecule has 0 radical (unpaired) electrons. The molecule has 1 heterocycles. The molecule has 0 aromatic heterocycles. The Labute approximate surface area is 101 Å². The van der Waals surface area contributed by atoms with Crippen LogP contribution in [0.25, 0.3) is 0 Å². The fourth-order valence-electron chi connectivity index (χ4n) is 2.79. The third kappa shape index (κ3) is 1.57. The van der Waals surface area contributed by atoms with Crippen LogP contribution in [0.1, 0.15) is 29.5 Å². The van der Waals surface area contributed by atoms with Crippen LogP contribution in [0.4, 0.5) is 0 Å². The molecule has 3 heteroatoms. The van der Waals surface area contributed by atoms with Gasteiger partial charge in [0.15, 0.2) is 0 Å². The topological polar surface area (TPSA) is 52.3 Å². The normalized spacial score (nSPS) is 21.4. The monoisotopic (exact) mass is 231 g/mol. The Bertz CT molecular complexity index is 463. The number of carbonyl (C=O) groups excluding carboxylic acids is 1. The maximum absolute atomic E-state index is 11.6. The summed E-state index contributed by atoms with van der Waals surface area (Å²) in [6.07, 6.45) is 4.81. The van der Waals surface area contributed by atoms with Gasteiger partial charge in [-0.3, -0.25) is 4.79 Å². The highest BCUT2D eigenvalue weighted by molar-refractivity contribution is 5.88. The Balaban J connectivity index is 2.01. The van der Waals surface area contributed by atoms with Gasteiger partial charge in [0.1, 0.15) is 5.41 Å². The van der Waals surface area contributed by atoms with Crippen LogP contribution in [0.2, 0.25) is 0 Å². The number of hydrogen-bond acceptors (Lipinski definition) is 2. The molecule has 3 rings (SSSR count). The summed E-state index contributed by atoms with van der Waals surface area (Å²) in [7, 11) is 0. The molecule has 2 N–H and O–H groups in total. The van der Waals surface area contributed by atoms with Crippen LogP contribution < -0.4 is 5.73 Å². The van der Waals surface area contributed by atoms with Crippen LogP contribution in [-0.4, -0.2) is 19.1 Å². The second kappa shape index (κ2) is 3.84. The van der Waals surface area contributed by atoms with Crippen molar-refractivity contribution in [3.05, 3.63) is 34.9 Å². The van der Waals surface area contributed by atoms with Gasteiger partial charge in [0.2, 0.25) is 5.91 Å². The van der Waals surface area contributed by atoms with E-state index in [-0.39, 0.29) is 5.91 Å². The lowest BCUT2D eigenvalue weighted by molar-refractivity contribution is -0.141. The maximum atomic E-state index is 11.6. The molecule has 1 aromatic rings. The van der Waals surface area contributed by atoms with Crippen LogP contribution in [0.15, 0.2) is 18.2 Å². The van der Waals surface area contributed by atoms with Gasteiger partial charge in [0.25, 0.3) is 0 Å². The molecule has 1 saturated heterocycles. The summed E-state index contributed by atoms with van der Waals surface area (Å²) in [4.78, 5) is 11.6. The van der Waals surface area contributed by atoms with Crippen molar-refractivity contribution in [1.82, 2.24) is 0 Å². The first kappa shape index (κ1) is 10.8. The first-order valence-electron chi connectivity index (χ1n) is 6.22. The fourth-order valence-corrected chi connectivity index (χ4v) is 2.79. The first-order valence-corrected chi connectivity index (χ1v) is 6.22. The highest BCUT2D eigenvalue weighted by Crippen LogP contribution is 2.34. The summed E-state index contributed by atoms with van der Waals surface area (Å²) in [6, 6.07) is 6.38. The van der Waals surface area contributed by atoms with E-state index in [1.807, 2.05) is 0 Å². The summed E-state index contributed by atoms with van der Waals surface area (Å²) in [5, 5.41) is 0. The van der Waals surface area contributed by atoms with E-state index >= 15 is 0 Å². The van der Waals surface area contributed by atoms with Gasteiger partial charge in [-0.2, -0.15) is 0 Å². The second-order valence-electron chi connectivity index (χ2n) is 5.13. The van der Waals surface area contributed by atoms with Gasteiger partial charge < -0.3 is 10.5 Å². The minimum atomic E-state index is -0.563. The van der Waals surface area contributed by atoms with E-state index in [1.165, 1.54) is 24.0 Å². The largest absolute Gasteiger partial charge is 0.378 e. The number of rotatable bonds is 2. The first-order chi connectivity index (χ1) is 8.22. The van der Waals surface area contributed by atoms with Crippen molar-refractivity contribution in [2.75, 3.05) is 13.2 Å². The molecule has 17 heavy (non-hydrogen) atoms. The quantitative estimate of drug-likeness (QED) is 0.834. The van der Waals surface area contributed by atoms with E-state index in [1.54, 1.807) is 0 Å². The number of nitrogens with two attached hydrogens (primary N) is 1. The summed E-state index contributed by atoms with van der Waals surface area (Å²) in [6.45, 7) is 0.863. The molecule has 0 spiro atoms. The van der Waals surface area contributed by atoms with Gasteiger partial charge in [-0.25, -0.2) is 0 Å². The van der Waals surface area contributed by atoms with Crippen molar-refractivity contribution in [1.29, 1.82) is 0 Å². The molecule has 0 atom stereocenters. The van der Waals surface area contributed by atoms with E-state index in [0.29, 0.717) is 13.2 Å². The predicted molar refractivity (Wildman–Crippen MR) is 64.8 cm³/mol. The van der Waals surface area contributed by atoms with Crippen molar-refractivity contribution in [2.45, 2.75) is 31.1 Å². The fraction of sp³-hybridized carbons (Fsp3) is 0.500. The SMILES string of the molecule is NC(=O)C1(c2ccc3c(c2)CCCC3)COC1. The van der Waals surface area contributed by atoms with Gasteiger partial charge >= 0.3 is 0 Å². The van der Waals surface area contributed by atoms with Crippen LogP contribution in [0.3, 0.4) is 0 Å². The van der Waals surface area contributed by atoms with Crippen molar-refractivity contribution < 1.29 is 9.53 Å². The summed E-state index contributed by atoms with van der Waals surface area (Å²) < 4.78 is 5.20. The maximum Gasteiger partial charge on any atom is 0.232 e. The van der Waals surface area contributed by atoms with E-state index in [4.69, 9.17) is 10.5 Å². The van der Waals surface area contributed by atoms with Crippen molar-refractivity contribution >= 4 is 5.91 Å². The minimum Gasteiger partial charge on any atom is -0.378 e. The van der Waals surface area contributed by atoms with E-state index in [0.717, 1.165) is 18.4 Å². The predicted octanol–water partition coefficient (Wildman–Crippen LogP) is 1.32. The smallest absolute Gasteiger partial charge is 0.232 e. The number of benzene rings is 1. The Morgan fingerprint density at radius 2 is 1.88 bits per heavy atom. The summed E-state index contributed by atoms with van der Waals surface area (Å²) in [5.74, 6) is -0.264. The molecular weight excluding hydrogens is 214 g/mol. The Morgan fingerprint density at radius 1 is 1.18 bits per heavy atom. The number of amides is 1. The average Bonchev–Trinajstić information content (AvgIpc) is 2.27. The molecule has 1 amide bonds. The summed E-state index contributed by atoms with van der Waals surface area (Å²) >= 11 is 0. The second-order valence-corrected chi connectivity index (χ2v) is 5.13. The lowest BCUT2D eigenvalue weighted by atomic mass is 9.76.